The lowest BCUT2D eigenvalue weighted by molar-refractivity contribution is -0.139. The van der Waals surface area contributed by atoms with Crippen molar-refractivity contribution in [2.45, 2.75) is 64.6 Å². The lowest BCUT2D eigenvalue weighted by Gasteiger charge is -2.33. The van der Waals surface area contributed by atoms with E-state index in [0.717, 1.165) is 21.9 Å². The number of amides is 2. The molecule has 0 aromatic heterocycles. The van der Waals surface area contributed by atoms with Gasteiger partial charge < -0.3 is 15.0 Å². The highest BCUT2D eigenvalue weighted by Crippen LogP contribution is 2.28. The van der Waals surface area contributed by atoms with Crippen LogP contribution in [0.1, 0.15) is 43.9 Å². The van der Waals surface area contributed by atoms with Crippen LogP contribution in [-0.2, 0) is 26.2 Å². The van der Waals surface area contributed by atoms with Gasteiger partial charge in [0.05, 0.1) is 17.7 Å². The van der Waals surface area contributed by atoms with Gasteiger partial charge in [0.1, 0.15) is 18.3 Å². The Kier molecular flexibility index (Phi) is 10.3. The van der Waals surface area contributed by atoms with E-state index in [1.165, 1.54) is 17.0 Å². The number of nitrogens with one attached hydrogen (secondary N) is 1. The topological polar surface area (TPSA) is 96.0 Å². The Hall–Kier alpha value is -3.85. The van der Waals surface area contributed by atoms with E-state index in [1.807, 2.05) is 52.0 Å². The molecule has 0 fully saturated rings. The molecule has 2 unspecified atom stereocenters. The summed E-state index contributed by atoms with van der Waals surface area (Å²) in [5, 5.41) is 2.94. The molecule has 0 aliphatic heterocycles. The molecule has 214 valence electrons. The molecule has 0 aliphatic carbocycles. The standard InChI is InChI=1S/C31H39N3O5S/c1-7-24(4)32-31(36)25(5)33(20-26-12-11-13-27(19-26)39-6)30(35)21-34(29-17-16-22(2)18-23(29)3)40(37,38)28-14-9-8-10-15-28/h8-19,24-25H,7,20-21H2,1-6H3,(H,32,36). The van der Waals surface area contributed by atoms with Gasteiger partial charge in [-0.2, -0.15) is 0 Å². The third kappa shape index (κ3) is 7.41. The van der Waals surface area contributed by atoms with Gasteiger partial charge in [-0.15, -0.1) is 0 Å². The monoisotopic (exact) mass is 565 g/mol. The Balaban J connectivity index is 2.05. The molecule has 0 aliphatic rings. The number of methoxy groups -OCH3 is 1. The number of carbonyl (C=O) groups excluding carboxylic acids is 2. The van der Waals surface area contributed by atoms with E-state index >= 15 is 0 Å². The van der Waals surface area contributed by atoms with Gasteiger partial charge in [-0.05, 0) is 75.6 Å². The first-order valence-corrected chi connectivity index (χ1v) is 14.8. The number of benzene rings is 3. The maximum Gasteiger partial charge on any atom is 0.264 e. The second kappa shape index (κ2) is 13.5. The Labute approximate surface area is 238 Å². The summed E-state index contributed by atoms with van der Waals surface area (Å²) in [5.74, 6) is -0.200. The zero-order valence-electron chi connectivity index (χ0n) is 24.0. The molecule has 3 aromatic rings. The summed E-state index contributed by atoms with van der Waals surface area (Å²) in [5.41, 5.74) is 2.84. The van der Waals surface area contributed by atoms with Crippen LogP contribution in [0.2, 0.25) is 0 Å². The quantitative estimate of drug-likeness (QED) is 0.339. The molecule has 0 spiro atoms. The molecule has 1 N–H and O–H groups in total. The first kappa shape index (κ1) is 30.7. The highest BCUT2D eigenvalue weighted by Gasteiger charge is 2.33. The van der Waals surface area contributed by atoms with Crippen LogP contribution in [0.5, 0.6) is 5.75 Å². The van der Waals surface area contributed by atoms with Crippen LogP contribution < -0.4 is 14.4 Å². The van der Waals surface area contributed by atoms with Gasteiger partial charge in [0, 0.05) is 12.6 Å². The normalized spacial score (nSPS) is 12.8. The van der Waals surface area contributed by atoms with Gasteiger partial charge in [-0.3, -0.25) is 13.9 Å². The molecular formula is C31H39N3O5S. The second-order valence-corrected chi connectivity index (χ2v) is 11.8. The van der Waals surface area contributed by atoms with E-state index in [4.69, 9.17) is 4.74 Å². The lowest BCUT2D eigenvalue weighted by atomic mass is 10.1. The number of ether oxygens (including phenoxy) is 1. The average Bonchev–Trinajstić information content (AvgIpc) is 2.94. The zero-order valence-corrected chi connectivity index (χ0v) is 24.9. The van der Waals surface area contributed by atoms with Crippen LogP contribution >= 0.6 is 0 Å². The van der Waals surface area contributed by atoms with Crippen molar-refractivity contribution >= 4 is 27.5 Å². The predicted molar refractivity (Wildman–Crippen MR) is 158 cm³/mol. The van der Waals surface area contributed by atoms with Gasteiger partial charge in [0.2, 0.25) is 11.8 Å². The number of aryl methyl sites for hydroxylation is 2. The second-order valence-electron chi connectivity index (χ2n) is 9.98. The van der Waals surface area contributed by atoms with Crippen molar-refractivity contribution in [3.63, 3.8) is 0 Å². The number of anilines is 1. The molecule has 0 bridgehead atoms. The summed E-state index contributed by atoms with van der Waals surface area (Å²) in [6.07, 6.45) is 0.734. The number of nitrogens with zero attached hydrogens (tertiary/aromatic N) is 2. The summed E-state index contributed by atoms with van der Waals surface area (Å²) >= 11 is 0. The zero-order chi connectivity index (χ0) is 29.4. The Morgan fingerprint density at radius 2 is 1.65 bits per heavy atom. The van der Waals surface area contributed by atoms with Crippen molar-refractivity contribution in [2.75, 3.05) is 18.0 Å². The largest absolute Gasteiger partial charge is 0.497 e. The maximum absolute atomic E-state index is 14.1. The molecule has 2 atom stereocenters. The van der Waals surface area contributed by atoms with Crippen molar-refractivity contribution in [3.8, 4) is 5.75 Å². The van der Waals surface area contributed by atoms with E-state index in [9.17, 15) is 18.0 Å². The van der Waals surface area contributed by atoms with Crippen LogP contribution in [0.15, 0.2) is 77.7 Å². The number of rotatable bonds is 12. The maximum atomic E-state index is 14.1. The third-order valence-electron chi connectivity index (χ3n) is 6.89. The SMILES string of the molecule is CCC(C)NC(=O)C(C)N(Cc1cccc(OC)c1)C(=O)CN(c1ccc(C)cc1C)S(=O)(=O)c1ccccc1. The first-order valence-electron chi connectivity index (χ1n) is 13.4. The summed E-state index contributed by atoms with van der Waals surface area (Å²) < 4.78 is 34.3. The van der Waals surface area contributed by atoms with Gasteiger partial charge in [-0.1, -0.05) is 55.0 Å². The number of sulfonamides is 1. The Morgan fingerprint density at radius 1 is 0.950 bits per heavy atom. The molecule has 3 rings (SSSR count). The van der Waals surface area contributed by atoms with E-state index in [2.05, 4.69) is 5.32 Å². The molecule has 40 heavy (non-hydrogen) atoms. The van der Waals surface area contributed by atoms with Crippen LogP contribution in [0.25, 0.3) is 0 Å². The summed E-state index contributed by atoms with van der Waals surface area (Å²) in [4.78, 5) is 28.7. The molecule has 0 heterocycles. The van der Waals surface area contributed by atoms with E-state index < -0.39 is 28.5 Å². The van der Waals surface area contributed by atoms with Crippen molar-refractivity contribution in [1.29, 1.82) is 0 Å². The Morgan fingerprint density at radius 3 is 2.27 bits per heavy atom. The van der Waals surface area contributed by atoms with Gasteiger partial charge >= 0.3 is 0 Å². The fraction of sp³-hybridized carbons (Fsp3) is 0.355. The molecule has 0 saturated heterocycles. The minimum Gasteiger partial charge on any atom is -0.497 e. The molecule has 8 nitrogen and oxygen atoms in total. The highest BCUT2D eigenvalue weighted by molar-refractivity contribution is 7.92. The molecular weight excluding hydrogens is 526 g/mol. The van der Waals surface area contributed by atoms with Gasteiger partial charge in [0.25, 0.3) is 10.0 Å². The molecule has 3 aromatic carbocycles. The van der Waals surface area contributed by atoms with Crippen molar-refractivity contribution in [2.24, 2.45) is 0 Å². The molecule has 9 heteroatoms. The summed E-state index contributed by atoms with van der Waals surface area (Å²) in [6, 6.07) is 19.7. The van der Waals surface area contributed by atoms with Crippen LogP contribution in [0.4, 0.5) is 5.69 Å². The van der Waals surface area contributed by atoms with E-state index in [-0.39, 0.29) is 23.4 Å². The van der Waals surface area contributed by atoms with Crippen LogP contribution in [0.3, 0.4) is 0 Å². The molecule has 0 saturated carbocycles. The van der Waals surface area contributed by atoms with Crippen LogP contribution in [0, 0.1) is 13.8 Å². The van der Waals surface area contributed by atoms with E-state index in [1.54, 1.807) is 50.4 Å². The number of carbonyl (C=O) groups is 2. The van der Waals surface area contributed by atoms with Crippen molar-refractivity contribution in [3.05, 3.63) is 89.5 Å². The van der Waals surface area contributed by atoms with E-state index in [0.29, 0.717) is 17.0 Å². The predicted octanol–water partition coefficient (Wildman–Crippen LogP) is 4.84. The fourth-order valence-corrected chi connectivity index (χ4v) is 5.83. The average molecular weight is 566 g/mol. The highest BCUT2D eigenvalue weighted by atomic mass is 32.2. The third-order valence-corrected chi connectivity index (χ3v) is 8.66. The molecule has 2 amide bonds. The van der Waals surface area contributed by atoms with Gasteiger partial charge in [-0.25, -0.2) is 8.42 Å². The van der Waals surface area contributed by atoms with Crippen molar-refractivity contribution < 1.29 is 22.7 Å². The van der Waals surface area contributed by atoms with Crippen LogP contribution in [-0.4, -0.2) is 50.9 Å². The number of hydrogen-bond donors (Lipinski definition) is 1. The molecule has 0 radical (unpaired) electrons. The summed E-state index contributed by atoms with van der Waals surface area (Å²) in [6.45, 7) is 8.87. The smallest absolute Gasteiger partial charge is 0.264 e. The minimum absolute atomic E-state index is 0.0738. The van der Waals surface area contributed by atoms with Crippen molar-refractivity contribution in [1.82, 2.24) is 10.2 Å². The first-order chi connectivity index (χ1) is 19.0. The lowest BCUT2D eigenvalue weighted by Crippen LogP contribution is -2.52. The number of hydrogen-bond acceptors (Lipinski definition) is 5. The Bertz CT molecular complexity index is 1430. The van der Waals surface area contributed by atoms with Gasteiger partial charge in [0.15, 0.2) is 0 Å². The summed E-state index contributed by atoms with van der Waals surface area (Å²) in [7, 11) is -2.55. The minimum atomic E-state index is -4.11. The fourth-order valence-electron chi connectivity index (χ4n) is 4.33.